The molecule has 1 unspecified atom stereocenters. The number of rotatable bonds is 3. The van der Waals surface area contributed by atoms with Crippen LogP contribution in [0.15, 0.2) is 42.9 Å². The first kappa shape index (κ1) is 15.0. The molecule has 8 heteroatoms. The van der Waals surface area contributed by atoms with E-state index < -0.39 is 6.17 Å². The van der Waals surface area contributed by atoms with Gasteiger partial charge in [0.05, 0.1) is 6.54 Å². The highest BCUT2D eigenvalue weighted by Gasteiger charge is 2.24. The van der Waals surface area contributed by atoms with Gasteiger partial charge in [0.15, 0.2) is 17.0 Å². The third-order valence-electron chi connectivity index (χ3n) is 4.63. The average molecular weight is 349 g/mol. The Labute approximate surface area is 148 Å². The van der Waals surface area contributed by atoms with E-state index in [0.717, 1.165) is 22.3 Å². The molecule has 1 fully saturated rings. The van der Waals surface area contributed by atoms with Crippen molar-refractivity contribution in [1.82, 2.24) is 25.1 Å². The highest BCUT2D eigenvalue weighted by molar-refractivity contribution is 5.95. The fourth-order valence-electron chi connectivity index (χ4n) is 3.38. The van der Waals surface area contributed by atoms with E-state index in [4.69, 9.17) is 0 Å². The number of aromatic nitrogens is 5. The zero-order chi connectivity index (χ0) is 17.5. The highest BCUT2D eigenvalue weighted by Crippen LogP contribution is 2.30. The minimum atomic E-state index is -0.776. The van der Waals surface area contributed by atoms with Gasteiger partial charge in [0.1, 0.15) is 12.0 Å². The SMILES string of the molecule is FC1CCN(c2nccc3cc(Nc4n[nH]c5nccnc45)ccc23)C1. The van der Waals surface area contributed by atoms with E-state index in [2.05, 4.69) is 30.5 Å². The molecule has 1 atom stereocenters. The van der Waals surface area contributed by atoms with Crippen molar-refractivity contribution in [3.8, 4) is 0 Å². The number of alkyl halides is 1. The van der Waals surface area contributed by atoms with Gasteiger partial charge in [-0.15, -0.1) is 0 Å². The van der Waals surface area contributed by atoms with Crippen molar-refractivity contribution in [2.75, 3.05) is 23.3 Å². The minimum Gasteiger partial charge on any atom is -0.353 e. The standard InChI is InChI=1S/C18H16FN7/c19-12-4-8-26(10-12)18-14-2-1-13(9-11(14)3-5-22-18)23-17-15-16(24-25-17)21-7-6-20-15/h1-3,5-7,9,12H,4,8,10H2,(H2,21,23,24,25). The smallest absolute Gasteiger partial charge is 0.180 e. The number of aromatic amines is 1. The van der Waals surface area contributed by atoms with Crippen molar-refractivity contribution < 1.29 is 4.39 Å². The Morgan fingerprint density at radius 2 is 2.04 bits per heavy atom. The van der Waals surface area contributed by atoms with Gasteiger partial charge in [-0.3, -0.25) is 5.10 Å². The van der Waals surface area contributed by atoms with Crippen LogP contribution in [0.4, 0.5) is 21.7 Å². The lowest BCUT2D eigenvalue weighted by molar-refractivity contribution is 0.364. The van der Waals surface area contributed by atoms with Crippen molar-refractivity contribution in [2.24, 2.45) is 0 Å². The molecule has 0 aliphatic carbocycles. The lowest BCUT2D eigenvalue weighted by Gasteiger charge is -2.18. The molecule has 0 amide bonds. The van der Waals surface area contributed by atoms with Crippen molar-refractivity contribution >= 4 is 39.3 Å². The molecule has 3 aromatic heterocycles. The first-order valence-electron chi connectivity index (χ1n) is 8.48. The molecule has 2 N–H and O–H groups in total. The molecule has 26 heavy (non-hydrogen) atoms. The zero-order valence-corrected chi connectivity index (χ0v) is 13.9. The average Bonchev–Trinajstić information content (AvgIpc) is 3.28. The second kappa shape index (κ2) is 5.91. The van der Waals surface area contributed by atoms with Crippen LogP contribution in [0.5, 0.6) is 0 Å². The largest absolute Gasteiger partial charge is 0.353 e. The summed E-state index contributed by atoms with van der Waals surface area (Å²) < 4.78 is 13.6. The molecule has 1 saturated heterocycles. The number of anilines is 3. The van der Waals surface area contributed by atoms with Gasteiger partial charge in [0.2, 0.25) is 0 Å². The molecule has 7 nitrogen and oxygen atoms in total. The Balaban J connectivity index is 1.50. The number of benzene rings is 1. The summed E-state index contributed by atoms with van der Waals surface area (Å²) in [5.41, 5.74) is 2.21. The summed E-state index contributed by atoms with van der Waals surface area (Å²) >= 11 is 0. The summed E-state index contributed by atoms with van der Waals surface area (Å²) in [7, 11) is 0. The van der Waals surface area contributed by atoms with Gasteiger partial charge in [-0.2, -0.15) is 5.10 Å². The fourth-order valence-corrected chi connectivity index (χ4v) is 3.38. The molecule has 0 bridgehead atoms. The Bertz CT molecular complexity index is 1090. The van der Waals surface area contributed by atoms with Crippen LogP contribution in [0.2, 0.25) is 0 Å². The topological polar surface area (TPSA) is 82.6 Å². The van der Waals surface area contributed by atoms with Crippen LogP contribution in [0.3, 0.4) is 0 Å². The number of pyridine rings is 1. The summed E-state index contributed by atoms with van der Waals surface area (Å²) in [6.45, 7) is 1.11. The van der Waals surface area contributed by atoms with Gasteiger partial charge in [-0.05, 0) is 36.1 Å². The minimum absolute atomic E-state index is 0.407. The molecule has 1 aromatic carbocycles. The molecule has 130 valence electrons. The molecule has 5 rings (SSSR count). The van der Waals surface area contributed by atoms with E-state index in [-0.39, 0.29) is 0 Å². The summed E-state index contributed by atoms with van der Waals surface area (Å²) in [6.07, 6.45) is 4.81. The Kier molecular flexibility index (Phi) is 3.41. The number of hydrogen-bond acceptors (Lipinski definition) is 6. The monoisotopic (exact) mass is 349 g/mol. The molecular weight excluding hydrogens is 333 g/mol. The zero-order valence-electron chi connectivity index (χ0n) is 13.9. The van der Waals surface area contributed by atoms with Crippen LogP contribution < -0.4 is 10.2 Å². The van der Waals surface area contributed by atoms with Gasteiger partial charge >= 0.3 is 0 Å². The van der Waals surface area contributed by atoms with E-state index in [0.29, 0.717) is 36.5 Å². The highest BCUT2D eigenvalue weighted by atomic mass is 19.1. The first-order chi connectivity index (χ1) is 12.8. The quantitative estimate of drug-likeness (QED) is 0.591. The van der Waals surface area contributed by atoms with Crippen molar-refractivity contribution in [1.29, 1.82) is 0 Å². The third-order valence-corrected chi connectivity index (χ3v) is 4.63. The van der Waals surface area contributed by atoms with Crippen LogP contribution in [0, 0.1) is 0 Å². The molecule has 1 aliphatic rings. The maximum Gasteiger partial charge on any atom is 0.180 e. The Morgan fingerprint density at radius 3 is 2.92 bits per heavy atom. The maximum absolute atomic E-state index is 13.6. The molecule has 0 spiro atoms. The number of halogens is 1. The maximum atomic E-state index is 13.6. The molecule has 4 heterocycles. The van der Waals surface area contributed by atoms with Gasteiger partial charge in [-0.25, -0.2) is 19.3 Å². The van der Waals surface area contributed by atoms with Crippen molar-refractivity contribution in [2.45, 2.75) is 12.6 Å². The van der Waals surface area contributed by atoms with Crippen molar-refractivity contribution in [3.05, 3.63) is 42.9 Å². The van der Waals surface area contributed by atoms with Crippen LogP contribution in [-0.2, 0) is 0 Å². The van der Waals surface area contributed by atoms with Crippen LogP contribution in [0.25, 0.3) is 21.9 Å². The number of fused-ring (bicyclic) bond motifs is 2. The van der Waals surface area contributed by atoms with E-state index >= 15 is 0 Å². The van der Waals surface area contributed by atoms with Gasteiger partial charge in [-0.1, -0.05) is 0 Å². The van der Waals surface area contributed by atoms with Crippen LogP contribution in [0.1, 0.15) is 6.42 Å². The molecule has 1 aliphatic heterocycles. The third kappa shape index (κ3) is 2.50. The van der Waals surface area contributed by atoms with E-state index in [1.54, 1.807) is 18.6 Å². The molecule has 4 aromatic rings. The number of nitrogens with zero attached hydrogens (tertiary/aromatic N) is 5. The van der Waals surface area contributed by atoms with E-state index in [1.165, 1.54) is 0 Å². The summed E-state index contributed by atoms with van der Waals surface area (Å²) in [5.74, 6) is 1.46. The van der Waals surface area contributed by atoms with Crippen molar-refractivity contribution in [3.63, 3.8) is 0 Å². The molecule has 0 radical (unpaired) electrons. The Morgan fingerprint density at radius 1 is 1.12 bits per heavy atom. The number of hydrogen-bond donors (Lipinski definition) is 2. The number of nitrogens with one attached hydrogen (secondary N) is 2. The predicted molar refractivity (Wildman–Crippen MR) is 98.4 cm³/mol. The first-order valence-corrected chi connectivity index (χ1v) is 8.48. The van der Waals surface area contributed by atoms with Gasteiger partial charge in [0.25, 0.3) is 0 Å². The van der Waals surface area contributed by atoms with Crippen LogP contribution >= 0.6 is 0 Å². The second-order valence-electron chi connectivity index (χ2n) is 6.35. The fraction of sp³-hybridized carbons (Fsp3) is 0.222. The molecular formula is C18H16FN7. The lowest BCUT2D eigenvalue weighted by Crippen LogP contribution is -2.21. The van der Waals surface area contributed by atoms with Crippen LogP contribution in [-0.4, -0.2) is 44.4 Å². The summed E-state index contributed by atoms with van der Waals surface area (Å²) in [6, 6.07) is 7.95. The Hall–Kier alpha value is -3.29. The summed E-state index contributed by atoms with van der Waals surface area (Å²) in [5, 5.41) is 12.4. The van der Waals surface area contributed by atoms with E-state index in [9.17, 15) is 4.39 Å². The summed E-state index contributed by atoms with van der Waals surface area (Å²) in [4.78, 5) is 15.0. The molecule has 0 saturated carbocycles. The van der Waals surface area contributed by atoms with Gasteiger partial charge < -0.3 is 10.2 Å². The predicted octanol–water partition coefficient (Wildman–Crippen LogP) is 3.19. The second-order valence-corrected chi connectivity index (χ2v) is 6.35. The van der Waals surface area contributed by atoms with Gasteiger partial charge in [0, 0.05) is 36.2 Å². The van der Waals surface area contributed by atoms with E-state index in [1.807, 2.05) is 29.2 Å². The lowest BCUT2D eigenvalue weighted by atomic mass is 10.1. The number of H-pyrrole nitrogens is 1. The normalized spacial score (nSPS) is 17.3.